The van der Waals surface area contributed by atoms with E-state index < -0.39 is 10.4 Å². The normalized spacial score (nSPS) is 15.8. The highest BCUT2D eigenvalue weighted by atomic mass is 32.3. The Labute approximate surface area is 70.8 Å². The van der Waals surface area contributed by atoms with E-state index in [4.69, 9.17) is 22.3 Å². The van der Waals surface area contributed by atoms with Gasteiger partial charge in [-0.05, 0) is 0 Å². The molecule has 0 aliphatic carbocycles. The van der Waals surface area contributed by atoms with Crippen LogP contribution in [-0.2, 0) is 15.1 Å². The Hall–Kier alpha value is -0.660. The van der Waals surface area contributed by atoms with Crippen molar-refractivity contribution in [2.75, 3.05) is 13.2 Å². The van der Waals surface area contributed by atoms with Crippen LogP contribution in [0.15, 0.2) is 4.99 Å². The third kappa shape index (κ3) is 9.34. The van der Waals surface area contributed by atoms with Gasteiger partial charge >= 0.3 is 10.4 Å². The zero-order valence-corrected chi connectivity index (χ0v) is 7.41. The quantitative estimate of drug-likeness (QED) is 0.584. The maximum absolute atomic E-state index is 8.74. The molecule has 2 N–H and O–H groups in total. The molecule has 0 aromatic carbocycles. The lowest BCUT2D eigenvalue weighted by molar-refractivity contribution is 0.340. The third-order valence-corrected chi connectivity index (χ3v) is 0.951. The predicted molar refractivity (Wildman–Crippen MR) is 42.7 cm³/mol. The summed E-state index contributed by atoms with van der Waals surface area (Å²) < 4.78 is 36.6. The van der Waals surface area contributed by atoms with Gasteiger partial charge in [-0.1, -0.05) is 6.92 Å². The van der Waals surface area contributed by atoms with Crippen LogP contribution in [0.1, 0.15) is 13.3 Å². The van der Waals surface area contributed by atoms with E-state index in [0.29, 0.717) is 0 Å². The molecule has 6 nitrogen and oxygen atoms in total. The molecule has 0 spiro atoms. The molecule has 1 rings (SSSR count). The smallest absolute Gasteiger partial charge is 0.394 e. The van der Waals surface area contributed by atoms with E-state index in [0.717, 1.165) is 25.5 Å². The maximum atomic E-state index is 8.74. The Balaban J connectivity index is 0.000000217. The van der Waals surface area contributed by atoms with Crippen LogP contribution in [-0.4, -0.2) is 36.6 Å². The minimum absolute atomic E-state index is 0.795. The molecule has 0 unspecified atom stereocenters. The molecule has 1 aliphatic heterocycles. The first-order valence-electron chi connectivity index (χ1n) is 3.29. The van der Waals surface area contributed by atoms with Gasteiger partial charge in [-0.3, -0.25) is 14.1 Å². The summed E-state index contributed by atoms with van der Waals surface area (Å²) in [6, 6.07) is 0. The first kappa shape index (κ1) is 11.3. The van der Waals surface area contributed by atoms with E-state index in [1.54, 1.807) is 0 Å². The lowest BCUT2D eigenvalue weighted by Gasteiger charge is -1.91. The topological polar surface area (TPSA) is 96.2 Å². The SMILES string of the molecule is CCC1=NCCO1.O=S(=O)(O)O. The van der Waals surface area contributed by atoms with Gasteiger partial charge in [0.1, 0.15) is 6.61 Å². The third-order valence-electron chi connectivity index (χ3n) is 0.951. The zero-order chi connectivity index (χ0) is 9.61. The van der Waals surface area contributed by atoms with Crippen LogP contribution in [0.2, 0.25) is 0 Å². The standard InChI is InChI=1S/C5H9NO.H2O4S/c1-2-5-6-3-4-7-5;1-5(2,3)4/h2-4H2,1H3;(H2,1,2,3,4). The van der Waals surface area contributed by atoms with Crippen LogP contribution in [0.4, 0.5) is 0 Å². The summed E-state index contributed by atoms with van der Waals surface area (Å²) >= 11 is 0. The number of ether oxygens (including phenoxy) is 1. The van der Waals surface area contributed by atoms with Gasteiger partial charge in [-0.2, -0.15) is 8.42 Å². The Bertz CT molecular complexity index is 237. The van der Waals surface area contributed by atoms with Gasteiger partial charge < -0.3 is 4.74 Å². The molecule has 0 amide bonds. The fraction of sp³-hybridized carbons (Fsp3) is 0.800. The molecule has 0 fully saturated rings. The lowest BCUT2D eigenvalue weighted by atomic mass is 10.5. The molecule has 0 radical (unpaired) electrons. The van der Waals surface area contributed by atoms with Crippen LogP contribution in [0.3, 0.4) is 0 Å². The van der Waals surface area contributed by atoms with Crippen molar-refractivity contribution >= 4 is 16.3 Å². The molecular formula is C5H11NO5S. The molecule has 1 aliphatic rings. The van der Waals surface area contributed by atoms with E-state index in [1.165, 1.54) is 0 Å². The van der Waals surface area contributed by atoms with Crippen molar-refractivity contribution in [1.29, 1.82) is 0 Å². The highest BCUT2D eigenvalue weighted by molar-refractivity contribution is 7.79. The van der Waals surface area contributed by atoms with Gasteiger partial charge in [0.15, 0.2) is 5.90 Å². The molecule has 0 atom stereocenters. The van der Waals surface area contributed by atoms with Gasteiger partial charge in [0.05, 0.1) is 6.54 Å². The summed E-state index contributed by atoms with van der Waals surface area (Å²) in [5, 5.41) is 0. The van der Waals surface area contributed by atoms with Gasteiger partial charge in [0.2, 0.25) is 0 Å². The van der Waals surface area contributed by atoms with Crippen molar-refractivity contribution in [2.24, 2.45) is 4.99 Å². The molecule has 0 saturated carbocycles. The van der Waals surface area contributed by atoms with Crippen molar-refractivity contribution in [3.63, 3.8) is 0 Å². The van der Waals surface area contributed by atoms with E-state index in [-0.39, 0.29) is 0 Å². The highest BCUT2D eigenvalue weighted by Gasteiger charge is 2.01. The number of nitrogens with zero attached hydrogens (tertiary/aromatic N) is 1. The Morgan fingerprint density at radius 3 is 2.25 bits per heavy atom. The molecule has 1 heterocycles. The molecule has 7 heteroatoms. The minimum atomic E-state index is -4.67. The second-order valence-electron chi connectivity index (χ2n) is 1.93. The highest BCUT2D eigenvalue weighted by Crippen LogP contribution is 1.95. The zero-order valence-electron chi connectivity index (χ0n) is 6.60. The van der Waals surface area contributed by atoms with Crippen LogP contribution < -0.4 is 0 Å². The predicted octanol–water partition coefficient (Wildman–Crippen LogP) is 0.172. The van der Waals surface area contributed by atoms with E-state index in [9.17, 15) is 0 Å². The molecule has 12 heavy (non-hydrogen) atoms. The molecular weight excluding hydrogens is 186 g/mol. The summed E-state index contributed by atoms with van der Waals surface area (Å²) in [6.45, 7) is 3.70. The average Bonchev–Trinajstić information content (AvgIpc) is 2.33. The van der Waals surface area contributed by atoms with Crippen molar-refractivity contribution < 1.29 is 22.3 Å². The Kier molecular flexibility index (Phi) is 4.79. The Morgan fingerprint density at radius 1 is 1.58 bits per heavy atom. The molecule has 0 aromatic rings. The van der Waals surface area contributed by atoms with Gasteiger partial charge in [0, 0.05) is 6.42 Å². The summed E-state index contributed by atoms with van der Waals surface area (Å²) in [6.07, 6.45) is 0.944. The van der Waals surface area contributed by atoms with E-state index in [2.05, 4.69) is 4.99 Å². The van der Waals surface area contributed by atoms with Crippen LogP contribution in [0, 0.1) is 0 Å². The van der Waals surface area contributed by atoms with Gasteiger partial charge in [-0.25, -0.2) is 0 Å². The summed E-state index contributed by atoms with van der Waals surface area (Å²) in [4.78, 5) is 4.05. The molecule has 0 saturated heterocycles. The molecule has 0 bridgehead atoms. The number of hydrogen-bond acceptors (Lipinski definition) is 4. The minimum Gasteiger partial charge on any atom is -0.479 e. The molecule has 0 aromatic heterocycles. The van der Waals surface area contributed by atoms with Gasteiger partial charge in [-0.15, -0.1) is 0 Å². The fourth-order valence-corrected chi connectivity index (χ4v) is 0.593. The fourth-order valence-electron chi connectivity index (χ4n) is 0.593. The molecule has 72 valence electrons. The lowest BCUT2D eigenvalue weighted by Crippen LogP contribution is -1.94. The second-order valence-corrected chi connectivity index (χ2v) is 2.82. The maximum Gasteiger partial charge on any atom is 0.394 e. The Morgan fingerprint density at radius 2 is 2.08 bits per heavy atom. The summed E-state index contributed by atoms with van der Waals surface area (Å²) in [7, 11) is -4.67. The van der Waals surface area contributed by atoms with Gasteiger partial charge in [0.25, 0.3) is 0 Å². The van der Waals surface area contributed by atoms with Crippen LogP contribution in [0.5, 0.6) is 0 Å². The first-order valence-corrected chi connectivity index (χ1v) is 4.69. The first-order chi connectivity index (χ1) is 5.43. The largest absolute Gasteiger partial charge is 0.479 e. The summed E-state index contributed by atoms with van der Waals surface area (Å²) in [5.41, 5.74) is 0. The van der Waals surface area contributed by atoms with Crippen molar-refractivity contribution in [3.8, 4) is 0 Å². The second kappa shape index (κ2) is 5.07. The number of aliphatic imine (C=N–C) groups is 1. The number of hydrogen-bond donors (Lipinski definition) is 2. The van der Waals surface area contributed by atoms with Crippen LogP contribution in [0.25, 0.3) is 0 Å². The van der Waals surface area contributed by atoms with Crippen molar-refractivity contribution in [2.45, 2.75) is 13.3 Å². The monoisotopic (exact) mass is 197 g/mol. The summed E-state index contributed by atoms with van der Waals surface area (Å²) in [5.74, 6) is 0.917. The van der Waals surface area contributed by atoms with E-state index >= 15 is 0 Å². The van der Waals surface area contributed by atoms with Crippen molar-refractivity contribution in [1.82, 2.24) is 0 Å². The van der Waals surface area contributed by atoms with E-state index in [1.807, 2.05) is 6.92 Å². The number of rotatable bonds is 1. The van der Waals surface area contributed by atoms with Crippen LogP contribution >= 0.6 is 0 Å². The van der Waals surface area contributed by atoms with Crippen molar-refractivity contribution in [3.05, 3.63) is 0 Å². The average molecular weight is 197 g/mol.